The van der Waals surface area contributed by atoms with Crippen LogP contribution in [-0.4, -0.2) is 23.9 Å². The maximum Gasteiger partial charge on any atom is 0.265 e. The van der Waals surface area contributed by atoms with Gasteiger partial charge in [0.1, 0.15) is 0 Å². The standard InChI is InChI=1S/C15H23N3O/c1-2-18(10-12-5-3-6-12)11-13-7-4-8-14(9-13)15(19)17-16/h4,7-9,12H,2-3,5-6,10-11,16H2,1H3,(H,17,19). The number of carbonyl (C=O) groups is 1. The summed E-state index contributed by atoms with van der Waals surface area (Å²) in [6, 6.07) is 7.69. The van der Waals surface area contributed by atoms with Crippen molar-refractivity contribution in [1.29, 1.82) is 0 Å². The molecule has 0 aliphatic heterocycles. The van der Waals surface area contributed by atoms with E-state index in [4.69, 9.17) is 5.84 Å². The quantitative estimate of drug-likeness (QED) is 0.467. The van der Waals surface area contributed by atoms with Gasteiger partial charge in [-0.15, -0.1) is 0 Å². The molecule has 1 amide bonds. The second-order valence-electron chi connectivity index (χ2n) is 5.30. The molecule has 1 aromatic carbocycles. The second kappa shape index (κ2) is 6.68. The first-order valence-corrected chi connectivity index (χ1v) is 7.05. The van der Waals surface area contributed by atoms with Crippen molar-refractivity contribution in [2.45, 2.75) is 32.7 Å². The van der Waals surface area contributed by atoms with Crippen LogP contribution in [0.25, 0.3) is 0 Å². The number of rotatable bonds is 6. The van der Waals surface area contributed by atoms with Gasteiger partial charge in [0.15, 0.2) is 0 Å². The molecule has 3 N–H and O–H groups in total. The normalized spacial score (nSPS) is 15.3. The van der Waals surface area contributed by atoms with Crippen LogP contribution in [0.2, 0.25) is 0 Å². The molecule has 1 fully saturated rings. The predicted octanol–water partition coefficient (Wildman–Crippen LogP) is 1.91. The van der Waals surface area contributed by atoms with Gasteiger partial charge in [-0.2, -0.15) is 0 Å². The fraction of sp³-hybridized carbons (Fsp3) is 0.533. The molecule has 0 atom stereocenters. The molecule has 4 nitrogen and oxygen atoms in total. The first kappa shape index (κ1) is 14.0. The summed E-state index contributed by atoms with van der Waals surface area (Å²) in [7, 11) is 0. The lowest BCUT2D eigenvalue weighted by atomic mass is 9.85. The van der Waals surface area contributed by atoms with Crippen LogP contribution >= 0.6 is 0 Å². The van der Waals surface area contributed by atoms with Gasteiger partial charge in [0, 0.05) is 18.7 Å². The number of hydrogen-bond donors (Lipinski definition) is 2. The zero-order valence-electron chi connectivity index (χ0n) is 11.6. The van der Waals surface area contributed by atoms with Crippen LogP contribution < -0.4 is 11.3 Å². The minimum atomic E-state index is -0.233. The number of hydrazine groups is 1. The minimum Gasteiger partial charge on any atom is -0.299 e. The molecule has 19 heavy (non-hydrogen) atoms. The highest BCUT2D eigenvalue weighted by atomic mass is 16.2. The fourth-order valence-electron chi connectivity index (χ4n) is 2.50. The van der Waals surface area contributed by atoms with E-state index in [-0.39, 0.29) is 5.91 Å². The van der Waals surface area contributed by atoms with Gasteiger partial charge < -0.3 is 0 Å². The third-order valence-corrected chi connectivity index (χ3v) is 3.91. The van der Waals surface area contributed by atoms with Crippen LogP contribution in [0.3, 0.4) is 0 Å². The lowest BCUT2D eigenvalue weighted by molar-refractivity contribution is 0.0953. The molecule has 1 saturated carbocycles. The van der Waals surface area contributed by atoms with Crippen LogP contribution in [0.1, 0.15) is 42.1 Å². The number of nitrogens with zero attached hydrogens (tertiary/aromatic N) is 1. The number of nitrogen functional groups attached to an aromatic ring is 1. The Labute approximate surface area is 114 Å². The number of hydrogen-bond acceptors (Lipinski definition) is 3. The van der Waals surface area contributed by atoms with Crippen molar-refractivity contribution in [1.82, 2.24) is 10.3 Å². The molecule has 1 aliphatic carbocycles. The summed E-state index contributed by atoms with van der Waals surface area (Å²) in [5.74, 6) is 5.80. The highest BCUT2D eigenvalue weighted by Gasteiger charge is 2.20. The Morgan fingerprint density at radius 2 is 2.26 bits per heavy atom. The number of benzene rings is 1. The van der Waals surface area contributed by atoms with Crippen molar-refractivity contribution in [3.63, 3.8) is 0 Å². The van der Waals surface area contributed by atoms with Crippen LogP contribution in [0.5, 0.6) is 0 Å². The van der Waals surface area contributed by atoms with E-state index in [9.17, 15) is 4.79 Å². The lowest BCUT2D eigenvalue weighted by Crippen LogP contribution is -2.32. The Morgan fingerprint density at radius 3 is 2.84 bits per heavy atom. The molecule has 0 saturated heterocycles. The molecule has 0 bridgehead atoms. The topological polar surface area (TPSA) is 58.4 Å². The van der Waals surface area contributed by atoms with E-state index < -0.39 is 0 Å². The summed E-state index contributed by atoms with van der Waals surface area (Å²) in [5.41, 5.74) is 3.97. The average molecular weight is 261 g/mol. The molecule has 1 aliphatic rings. The monoisotopic (exact) mass is 261 g/mol. The van der Waals surface area contributed by atoms with E-state index in [0.29, 0.717) is 5.56 Å². The van der Waals surface area contributed by atoms with E-state index in [1.165, 1.54) is 31.4 Å². The van der Waals surface area contributed by atoms with Gasteiger partial charge in [0.25, 0.3) is 5.91 Å². The smallest absolute Gasteiger partial charge is 0.265 e. The number of carbonyl (C=O) groups excluding carboxylic acids is 1. The summed E-state index contributed by atoms with van der Waals surface area (Å²) in [5, 5.41) is 0. The molecule has 2 rings (SSSR count). The van der Waals surface area contributed by atoms with Gasteiger partial charge in [0.2, 0.25) is 0 Å². The van der Waals surface area contributed by atoms with Crippen LogP contribution in [-0.2, 0) is 6.54 Å². The minimum absolute atomic E-state index is 0.233. The van der Waals surface area contributed by atoms with Crippen LogP contribution in [0, 0.1) is 5.92 Å². The van der Waals surface area contributed by atoms with Gasteiger partial charge in [-0.1, -0.05) is 25.5 Å². The largest absolute Gasteiger partial charge is 0.299 e. The lowest BCUT2D eigenvalue weighted by Gasteiger charge is -2.31. The number of nitrogens with two attached hydrogens (primary N) is 1. The molecule has 0 unspecified atom stereocenters. The highest BCUT2D eigenvalue weighted by Crippen LogP contribution is 2.27. The van der Waals surface area contributed by atoms with Gasteiger partial charge in [0.05, 0.1) is 0 Å². The van der Waals surface area contributed by atoms with E-state index >= 15 is 0 Å². The SMILES string of the molecule is CCN(Cc1cccc(C(=O)NN)c1)CC1CCC1. The van der Waals surface area contributed by atoms with Crippen LogP contribution in [0.15, 0.2) is 24.3 Å². The summed E-state index contributed by atoms with van der Waals surface area (Å²) in [6.07, 6.45) is 4.12. The molecule has 0 spiro atoms. The predicted molar refractivity (Wildman–Crippen MR) is 76.4 cm³/mol. The summed E-state index contributed by atoms with van der Waals surface area (Å²) in [4.78, 5) is 14.0. The third-order valence-electron chi connectivity index (χ3n) is 3.91. The Bertz CT molecular complexity index is 429. The molecule has 0 heterocycles. The molecule has 104 valence electrons. The third kappa shape index (κ3) is 3.78. The maximum absolute atomic E-state index is 11.5. The van der Waals surface area contributed by atoms with Crippen molar-refractivity contribution in [3.05, 3.63) is 35.4 Å². The van der Waals surface area contributed by atoms with E-state index in [0.717, 1.165) is 19.0 Å². The highest BCUT2D eigenvalue weighted by molar-refractivity contribution is 5.93. The summed E-state index contributed by atoms with van der Waals surface area (Å²) < 4.78 is 0. The van der Waals surface area contributed by atoms with Crippen LogP contribution in [0.4, 0.5) is 0 Å². The zero-order chi connectivity index (χ0) is 13.7. The Kier molecular flexibility index (Phi) is 4.93. The average Bonchev–Trinajstić information content (AvgIpc) is 2.40. The summed E-state index contributed by atoms with van der Waals surface area (Å²) >= 11 is 0. The molecule has 4 heteroatoms. The first-order chi connectivity index (χ1) is 9.22. The molecule has 0 aromatic heterocycles. The Balaban J connectivity index is 1.97. The maximum atomic E-state index is 11.5. The van der Waals surface area contributed by atoms with Crippen molar-refractivity contribution in [3.8, 4) is 0 Å². The fourth-order valence-corrected chi connectivity index (χ4v) is 2.50. The number of amides is 1. The summed E-state index contributed by atoms with van der Waals surface area (Å²) in [6.45, 7) is 5.31. The van der Waals surface area contributed by atoms with E-state index in [2.05, 4.69) is 23.3 Å². The van der Waals surface area contributed by atoms with E-state index in [1.54, 1.807) is 6.07 Å². The second-order valence-corrected chi connectivity index (χ2v) is 5.30. The van der Waals surface area contributed by atoms with Crippen molar-refractivity contribution in [2.24, 2.45) is 11.8 Å². The molecule has 0 radical (unpaired) electrons. The van der Waals surface area contributed by atoms with E-state index in [1.807, 2.05) is 12.1 Å². The Morgan fingerprint density at radius 1 is 1.47 bits per heavy atom. The zero-order valence-corrected chi connectivity index (χ0v) is 11.6. The molecular weight excluding hydrogens is 238 g/mol. The molecular formula is C15H23N3O. The van der Waals surface area contributed by atoms with Crippen molar-refractivity contribution in [2.75, 3.05) is 13.1 Å². The number of nitrogens with one attached hydrogen (secondary N) is 1. The van der Waals surface area contributed by atoms with Gasteiger partial charge >= 0.3 is 0 Å². The first-order valence-electron chi connectivity index (χ1n) is 7.05. The van der Waals surface area contributed by atoms with Crippen molar-refractivity contribution >= 4 is 5.91 Å². The van der Waals surface area contributed by atoms with Gasteiger partial charge in [-0.05, 0) is 43.0 Å². The van der Waals surface area contributed by atoms with Crippen molar-refractivity contribution < 1.29 is 4.79 Å². The van der Waals surface area contributed by atoms with Gasteiger partial charge in [-0.3, -0.25) is 15.1 Å². The Hall–Kier alpha value is -1.39. The molecule has 1 aromatic rings. The van der Waals surface area contributed by atoms with Gasteiger partial charge in [-0.25, -0.2) is 5.84 Å².